The summed E-state index contributed by atoms with van der Waals surface area (Å²) in [5.74, 6) is 2.05. The quantitative estimate of drug-likeness (QED) is 0.572. The number of ether oxygens (including phenoxy) is 1. The van der Waals surface area contributed by atoms with E-state index in [1.807, 2.05) is 44.1 Å². The van der Waals surface area contributed by atoms with E-state index >= 15 is 0 Å². The van der Waals surface area contributed by atoms with E-state index in [1.54, 1.807) is 12.3 Å². The molecule has 2 heterocycles. The zero-order valence-corrected chi connectivity index (χ0v) is 16.2. The molecule has 0 saturated heterocycles. The van der Waals surface area contributed by atoms with Crippen molar-refractivity contribution in [1.82, 2.24) is 25.1 Å². The van der Waals surface area contributed by atoms with Crippen LogP contribution in [0.2, 0.25) is 5.02 Å². The van der Waals surface area contributed by atoms with E-state index in [0.717, 1.165) is 17.8 Å². The van der Waals surface area contributed by atoms with Gasteiger partial charge in [0.1, 0.15) is 18.1 Å². The minimum Gasteiger partial charge on any atom is -0.491 e. The van der Waals surface area contributed by atoms with Crippen LogP contribution in [-0.4, -0.2) is 52.3 Å². The molecule has 2 aromatic heterocycles. The summed E-state index contributed by atoms with van der Waals surface area (Å²) < 4.78 is 5.77. The topological polar surface area (TPSA) is 105 Å². The first-order valence-corrected chi connectivity index (χ1v) is 8.79. The van der Waals surface area contributed by atoms with Gasteiger partial charge in [-0.1, -0.05) is 17.7 Å². The molecule has 0 aliphatic rings. The fourth-order valence-corrected chi connectivity index (χ4v) is 2.57. The number of rotatable bonds is 7. The van der Waals surface area contributed by atoms with Crippen LogP contribution in [0.25, 0.3) is 11.3 Å². The van der Waals surface area contributed by atoms with E-state index in [0.29, 0.717) is 40.5 Å². The number of likely N-dealkylation sites (N-methyl/N-ethyl adjacent to an activating group) is 1. The van der Waals surface area contributed by atoms with Gasteiger partial charge in [-0.3, -0.25) is 5.10 Å². The van der Waals surface area contributed by atoms with Crippen molar-refractivity contribution in [2.75, 3.05) is 38.3 Å². The number of nitrogen functional groups attached to an aromatic ring is 1. The van der Waals surface area contributed by atoms with Gasteiger partial charge >= 0.3 is 0 Å². The summed E-state index contributed by atoms with van der Waals surface area (Å²) >= 11 is 6.23. The number of aryl methyl sites for hydroxylation is 1. The molecule has 0 amide bonds. The standard InChI is InChI=1S/C18H22ClN7O/c1-11-8-15(25-24-11)22-16-10-21-17(18(20)23-16)12-4-5-13(19)14(9-12)27-7-6-26(2)3/h4-5,8-10H,6-7H2,1-3H3,(H4,20,22,23,24,25). The van der Waals surface area contributed by atoms with Gasteiger partial charge in [0.05, 0.1) is 11.2 Å². The van der Waals surface area contributed by atoms with Crippen molar-refractivity contribution in [3.8, 4) is 17.0 Å². The molecule has 9 heteroatoms. The van der Waals surface area contributed by atoms with Crippen molar-refractivity contribution < 1.29 is 4.74 Å². The zero-order chi connectivity index (χ0) is 19.4. The largest absolute Gasteiger partial charge is 0.491 e. The van der Waals surface area contributed by atoms with Crippen LogP contribution in [-0.2, 0) is 0 Å². The van der Waals surface area contributed by atoms with E-state index in [9.17, 15) is 0 Å². The second-order valence-electron chi connectivity index (χ2n) is 6.35. The maximum absolute atomic E-state index is 6.23. The third-order valence-corrected chi connectivity index (χ3v) is 4.07. The van der Waals surface area contributed by atoms with Crippen LogP contribution in [0.5, 0.6) is 5.75 Å². The maximum Gasteiger partial charge on any atom is 0.153 e. The lowest BCUT2D eigenvalue weighted by Gasteiger charge is -2.13. The van der Waals surface area contributed by atoms with Crippen LogP contribution in [0.1, 0.15) is 5.69 Å². The molecule has 1 aromatic carbocycles. The number of benzene rings is 1. The molecule has 3 rings (SSSR count). The summed E-state index contributed by atoms with van der Waals surface area (Å²) in [4.78, 5) is 10.8. The van der Waals surface area contributed by atoms with Gasteiger partial charge in [0.25, 0.3) is 0 Å². The second kappa shape index (κ2) is 8.24. The third kappa shape index (κ3) is 4.87. The monoisotopic (exact) mass is 387 g/mol. The van der Waals surface area contributed by atoms with Gasteiger partial charge in [0.2, 0.25) is 0 Å². The normalized spacial score (nSPS) is 11.0. The first-order chi connectivity index (χ1) is 12.9. The van der Waals surface area contributed by atoms with E-state index in [4.69, 9.17) is 22.1 Å². The highest BCUT2D eigenvalue weighted by Crippen LogP contribution is 2.32. The molecule has 0 aliphatic heterocycles. The Morgan fingerprint density at radius 1 is 1.26 bits per heavy atom. The molecule has 0 radical (unpaired) electrons. The highest BCUT2D eigenvalue weighted by Gasteiger charge is 2.11. The van der Waals surface area contributed by atoms with Crippen LogP contribution < -0.4 is 15.8 Å². The molecule has 0 unspecified atom stereocenters. The minimum atomic E-state index is 0.300. The summed E-state index contributed by atoms with van der Waals surface area (Å²) in [5.41, 5.74) is 8.41. The fraction of sp³-hybridized carbons (Fsp3) is 0.278. The number of halogens is 1. The molecular formula is C18H22ClN7O. The number of nitrogens with two attached hydrogens (primary N) is 1. The van der Waals surface area contributed by atoms with Gasteiger partial charge in [-0.2, -0.15) is 5.10 Å². The lowest BCUT2D eigenvalue weighted by atomic mass is 10.1. The summed E-state index contributed by atoms with van der Waals surface area (Å²) in [5, 5.41) is 10.6. The molecule has 0 atom stereocenters. The molecule has 0 saturated carbocycles. The molecule has 0 fully saturated rings. The Bertz CT molecular complexity index is 926. The average Bonchev–Trinajstić information content (AvgIpc) is 3.01. The van der Waals surface area contributed by atoms with Crippen molar-refractivity contribution in [1.29, 1.82) is 0 Å². The van der Waals surface area contributed by atoms with Crippen LogP contribution in [0.3, 0.4) is 0 Å². The zero-order valence-electron chi connectivity index (χ0n) is 15.5. The smallest absolute Gasteiger partial charge is 0.153 e. The lowest BCUT2D eigenvalue weighted by Crippen LogP contribution is -2.19. The SMILES string of the molecule is Cc1cc(Nc2cnc(-c3ccc(Cl)c(OCCN(C)C)c3)c(N)n2)n[nH]1. The van der Waals surface area contributed by atoms with Gasteiger partial charge in [0.15, 0.2) is 17.5 Å². The number of anilines is 3. The van der Waals surface area contributed by atoms with Crippen molar-refractivity contribution in [3.63, 3.8) is 0 Å². The van der Waals surface area contributed by atoms with E-state index in [2.05, 4.69) is 25.5 Å². The first-order valence-electron chi connectivity index (χ1n) is 8.41. The minimum absolute atomic E-state index is 0.300. The molecule has 0 bridgehead atoms. The molecule has 27 heavy (non-hydrogen) atoms. The van der Waals surface area contributed by atoms with E-state index < -0.39 is 0 Å². The second-order valence-corrected chi connectivity index (χ2v) is 6.75. The van der Waals surface area contributed by atoms with Gasteiger partial charge in [0, 0.05) is 23.9 Å². The number of nitrogens with zero attached hydrogens (tertiary/aromatic N) is 4. The Labute approximate surface area is 162 Å². The number of aromatic amines is 1. The number of hydrogen-bond donors (Lipinski definition) is 3. The number of hydrogen-bond acceptors (Lipinski definition) is 7. The van der Waals surface area contributed by atoms with Gasteiger partial charge < -0.3 is 20.7 Å². The Balaban J connectivity index is 1.79. The van der Waals surface area contributed by atoms with Crippen LogP contribution in [0.15, 0.2) is 30.5 Å². The Morgan fingerprint density at radius 3 is 2.74 bits per heavy atom. The van der Waals surface area contributed by atoms with Crippen molar-refractivity contribution in [3.05, 3.63) is 41.2 Å². The molecule has 0 spiro atoms. The van der Waals surface area contributed by atoms with Crippen LogP contribution in [0.4, 0.5) is 17.5 Å². The van der Waals surface area contributed by atoms with Crippen molar-refractivity contribution in [2.45, 2.75) is 6.92 Å². The molecule has 8 nitrogen and oxygen atoms in total. The number of nitrogens with one attached hydrogen (secondary N) is 2. The predicted octanol–water partition coefficient (Wildman–Crippen LogP) is 3.09. The third-order valence-electron chi connectivity index (χ3n) is 3.76. The summed E-state index contributed by atoms with van der Waals surface area (Å²) in [6, 6.07) is 7.29. The molecule has 0 aliphatic carbocycles. The van der Waals surface area contributed by atoms with Gasteiger partial charge in [-0.05, 0) is 33.2 Å². The van der Waals surface area contributed by atoms with Gasteiger partial charge in [-0.25, -0.2) is 9.97 Å². The van der Waals surface area contributed by atoms with Gasteiger partial charge in [-0.15, -0.1) is 0 Å². The summed E-state index contributed by atoms with van der Waals surface area (Å²) in [7, 11) is 3.97. The maximum atomic E-state index is 6.23. The highest BCUT2D eigenvalue weighted by molar-refractivity contribution is 6.32. The van der Waals surface area contributed by atoms with Crippen LogP contribution in [0, 0.1) is 6.92 Å². The van der Waals surface area contributed by atoms with Crippen molar-refractivity contribution in [2.24, 2.45) is 0 Å². The summed E-state index contributed by atoms with van der Waals surface area (Å²) in [6.45, 7) is 3.23. The predicted molar refractivity (Wildman–Crippen MR) is 108 cm³/mol. The van der Waals surface area contributed by atoms with Crippen molar-refractivity contribution >= 4 is 29.1 Å². The molecular weight excluding hydrogens is 366 g/mol. The Kier molecular flexibility index (Phi) is 5.78. The molecule has 4 N–H and O–H groups in total. The van der Waals surface area contributed by atoms with Crippen LogP contribution >= 0.6 is 11.6 Å². The van der Waals surface area contributed by atoms with E-state index in [1.165, 1.54) is 0 Å². The lowest BCUT2D eigenvalue weighted by molar-refractivity contribution is 0.261. The summed E-state index contributed by atoms with van der Waals surface area (Å²) in [6.07, 6.45) is 1.61. The average molecular weight is 388 g/mol. The first kappa shape index (κ1) is 18.9. The fourth-order valence-electron chi connectivity index (χ4n) is 2.40. The number of H-pyrrole nitrogens is 1. The van der Waals surface area contributed by atoms with E-state index in [-0.39, 0.29) is 0 Å². The highest BCUT2D eigenvalue weighted by atomic mass is 35.5. The Hall–Kier alpha value is -2.84. The Morgan fingerprint density at radius 2 is 2.07 bits per heavy atom. The molecule has 142 valence electrons. The molecule has 3 aromatic rings. The number of aromatic nitrogens is 4.